The highest BCUT2D eigenvalue weighted by Crippen LogP contribution is 2.27. The Morgan fingerprint density at radius 1 is 1.30 bits per heavy atom. The van der Waals surface area contributed by atoms with Crippen LogP contribution >= 0.6 is 0 Å². The van der Waals surface area contributed by atoms with E-state index in [1.165, 1.54) is 17.1 Å². The van der Waals surface area contributed by atoms with Crippen molar-refractivity contribution in [1.29, 1.82) is 0 Å². The van der Waals surface area contributed by atoms with Gasteiger partial charge in [0.25, 0.3) is 0 Å². The van der Waals surface area contributed by atoms with Crippen LogP contribution in [0.5, 0.6) is 0 Å². The molecule has 2 fully saturated rings. The first-order valence-electron chi connectivity index (χ1n) is 6.79. The third kappa shape index (κ3) is 2.88. The Balaban J connectivity index is 1.66. The van der Waals surface area contributed by atoms with Gasteiger partial charge in [-0.15, -0.1) is 0 Å². The summed E-state index contributed by atoms with van der Waals surface area (Å²) >= 11 is 0. The molecule has 8 heteroatoms. The molecule has 0 unspecified atom stereocenters. The Kier molecular flexibility index (Phi) is 3.80. The number of hydrogen-bond acceptors (Lipinski definition) is 5. The molecule has 7 nitrogen and oxygen atoms in total. The molecule has 1 aliphatic heterocycles. The smallest absolute Gasteiger partial charge is 0.243 e. The van der Waals surface area contributed by atoms with Gasteiger partial charge in [0.2, 0.25) is 10.0 Å². The van der Waals surface area contributed by atoms with Crippen LogP contribution in [-0.2, 0) is 26.5 Å². The number of hydrogen-bond donors (Lipinski definition) is 1. The second-order valence-electron chi connectivity index (χ2n) is 5.30. The van der Waals surface area contributed by atoms with E-state index in [9.17, 15) is 8.42 Å². The number of rotatable bonds is 3. The highest BCUT2D eigenvalue weighted by molar-refractivity contribution is 7.89. The molecule has 112 valence electrons. The van der Waals surface area contributed by atoms with Crippen molar-refractivity contribution in [3.05, 3.63) is 12.4 Å². The van der Waals surface area contributed by atoms with Crippen LogP contribution in [0.15, 0.2) is 17.3 Å². The van der Waals surface area contributed by atoms with E-state index >= 15 is 0 Å². The third-order valence-electron chi connectivity index (χ3n) is 3.79. The van der Waals surface area contributed by atoms with E-state index < -0.39 is 10.0 Å². The molecule has 1 saturated heterocycles. The molecule has 1 saturated carbocycles. The minimum absolute atomic E-state index is 0.000835. The Labute approximate surface area is 118 Å². The van der Waals surface area contributed by atoms with Crippen molar-refractivity contribution in [2.75, 3.05) is 13.2 Å². The van der Waals surface area contributed by atoms with E-state index in [2.05, 4.69) is 9.82 Å². The molecule has 1 N–H and O–H groups in total. The maximum atomic E-state index is 12.2. The molecule has 1 aliphatic carbocycles. The highest BCUT2D eigenvalue weighted by Gasteiger charge is 2.35. The van der Waals surface area contributed by atoms with Crippen molar-refractivity contribution in [1.82, 2.24) is 14.5 Å². The van der Waals surface area contributed by atoms with Crippen LogP contribution in [0, 0.1) is 0 Å². The fourth-order valence-corrected chi connectivity index (χ4v) is 4.06. The number of fused-ring (bicyclic) bond motifs is 1. The molecule has 0 radical (unpaired) electrons. The van der Waals surface area contributed by atoms with E-state index in [1.807, 2.05) is 0 Å². The van der Waals surface area contributed by atoms with Gasteiger partial charge in [-0.05, 0) is 19.3 Å². The number of aryl methyl sites for hydroxylation is 1. The van der Waals surface area contributed by atoms with E-state index in [4.69, 9.17) is 9.47 Å². The van der Waals surface area contributed by atoms with Crippen molar-refractivity contribution >= 4 is 10.0 Å². The predicted molar refractivity (Wildman–Crippen MR) is 70.6 cm³/mol. The molecule has 0 bridgehead atoms. The lowest BCUT2D eigenvalue weighted by molar-refractivity contribution is -0.156. The maximum absolute atomic E-state index is 12.2. The molecule has 0 amide bonds. The van der Waals surface area contributed by atoms with Gasteiger partial charge in [0.1, 0.15) is 4.90 Å². The van der Waals surface area contributed by atoms with Crippen molar-refractivity contribution in [3.8, 4) is 0 Å². The van der Waals surface area contributed by atoms with Crippen molar-refractivity contribution in [3.63, 3.8) is 0 Å². The zero-order valence-electron chi connectivity index (χ0n) is 11.4. The van der Waals surface area contributed by atoms with Crippen LogP contribution in [-0.4, -0.2) is 49.7 Å². The zero-order chi connectivity index (χ0) is 14.2. The second-order valence-corrected chi connectivity index (χ2v) is 7.01. The average molecular weight is 301 g/mol. The summed E-state index contributed by atoms with van der Waals surface area (Å²) in [6.45, 7) is 1.22. The lowest BCUT2D eigenvalue weighted by Crippen LogP contribution is -2.49. The number of ether oxygens (including phenoxy) is 2. The first-order valence-corrected chi connectivity index (χ1v) is 8.27. The van der Waals surface area contributed by atoms with Gasteiger partial charge in [0.15, 0.2) is 0 Å². The van der Waals surface area contributed by atoms with Crippen molar-refractivity contribution in [2.45, 2.75) is 42.4 Å². The van der Waals surface area contributed by atoms with Crippen LogP contribution in [0.4, 0.5) is 0 Å². The van der Waals surface area contributed by atoms with E-state index in [0.717, 1.165) is 12.8 Å². The summed E-state index contributed by atoms with van der Waals surface area (Å²) in [5.74, 6) is 0. The number of nitrogens with zero attached hydrogens (tertiary/aromatic N) is 2. The van der Waals surface area contributed by atoms with Gasteiger partial charge in [-0.1, -0.05) is 0 Å². The minimum atomic E-state index is -3.51. The standard InChI is InChI=1S/C12H19N3O4S/c1-15-8-10(7-13-15)20(16,17)14-9-2-3-11-12(6-9)19-5-4-18-11/h7-9,11-12,14H,2-6H2,1H3/t9-,11+,12+/m1/s1. The van der Waals surface area contributed by atoms with Gasteiger partial charge in [-0.2, -0.15) is 5.10 Å². The zero-order valence-corrected chi connectivity index (χ0v) is 12.2. The molecule has 2 aliphatic rings. The largest absolute Gasteiger partial charge is 0.373 e. The Morgan fingerprint density at radius 2 is 2.05 bits per heavy atom. The summed E-state index contributed by atoms with van der Waals surface area (Å²) in [6.07, 6.45) is 5.21. The molecular formula is C12H19N3O4S. The Morgan fingerprint density at radius 3 is 2.75 bits per heavy atom. The van der Waals surface area contributed by atoms with Crippen LogP contribution in [0.1, 0.15) is 19.3 Å². The Hall–Kier alpha value is -0.960. The quantitative estimate of drug-likeness (QED) is 0.852. The van der Waals surface area contributed by atoms with Gasteiger partial charge in [-0.25, -0.2) is 13.1 Å². The van der Waals surface area contributed by atoms with E-state index in [1.54, 1.807) is 7.05 Å². The number of sulfonamides is 1. The molecule has 0 aromatic carbocycles. The summed E-state index contributed by atoms with van der Waals surface area (Å²) in [5, 5.41) is 3.89. The molecule has 1 aromatic heterocycles. The van der Waals surface area contributed by atoms with Gasteiger partial charge >= 0.3 is 0 Å². The SMILES string of the molecule is Cn1cc(S(=O)(=O)N[C@@H]2CC[C@@H]3OCCO[C@H]3C2)cn1. The van der Waals surface area contributed by atoms with Crippen LogP contribution < -0.4 is 4.72 Å². The van der Waals surface area contributed by atoms with Crippen LogP contribution in [0.2, 0.25) is 0 Å². The molecular weight excluding hydrogens is 282 g/mol. The first-order chi connectivity index (χ1) is 9.54. The van der Waals surface area contributed by atoms with Gasteiger partial charge in [-0.3, -0.25) is 4.68 Å². The molecule has 3 atom stereocenters. The van der Waals surface area contributed by atoms with Gasteiger partial charge < -0.3 is 9.47 Å². The second kappa shape index (κ2) is 5.44. The first kappa shape index (κ1) is 14.0. The summed E-state index contributed by atoms with van der Waals surface area (Å²) in [7, 11) is -1.81. The summed E-state index contributed by atoms with van der Waals surface area (Å²) in [5.41, 5.74) is 0. The fraction of sp³-hybridized carbons (Fsp3) is 0.750. The molecule has 0 spiro atoms. The monoisotopic (exact) mass is 301 g/mol. The number of aromatic nitrogens is 2. The lowest BCUT2D eigenvalue weighted by atomic mass is 9.90. The van der Waals surface area contributed by atoms with Crippen LogP contribution in [0.3, 0.4) is 0 Å². The van der Waals surface area contributed by atoms with E-state index in [-0.39, 0.29) is 23.1 Å². The average Bonchev–Trinajstić information content (AvgIpc) is 2.86. The molecule has 3 rings (SSSR count). The Bertz CT molecular complexity index is 571. The van der Waals surface area contributed by atoms with E-state index in [0.29, 0.717) is 19.6 Å². The topological polar surface area (TPSA) is 82.5 Å². The normalized spacial score (nSPS) is 30.9. The van der Waals surface area contributed by atoms with Gasteiger partial charge in [0.05, 0.1) is 31.6 Å². The summed E-state index contributed by atoms with van der Waals surface area (Å²) in [4.78, 5) is 0.197. The molecule has 20 heavy (non-hydrogen) atoms. The molecule has 2 heterocycles. The highest BCUT2D eigenvalue weighted by atomic mass is 32.2. The molecule has 1 aromatic rings. The third-order valence-corrected chi connectivity index (χ3v) is 5.27. The van der Waals surface area contributed by atoms with Gasteiger partial charge in [0, 0.05) is 19.3 Å². The fourth-order valence-electron chi connectivity index (χ4n) is 2.80. The number of nitrogens with one attached hydrogen (secondary N) is 1. The van der Waals surface area contributed by atoms with Crippen molar-refractivity contribution < 1.29 is 17.9 Å². The summed E-state index contributed by atoms with van der Waals surface area (Å²) < 4.78 is 40.0. The van der Waals surface area contributed by atoms with Crippen LogP contribution in [0.25, 0.3) is 0 Å². The predicted octanol–water partition coefficient (Wildman–Crippen LogP) is 0.0349. The minimum Gasteiger partial charge on any atom is -0.373 e. The summed E-state index contributed by atoms with van der Waals surface area (Å²) in [6, 6.07) is -0.108. The lowest BCUT2D eigenvalue weighted by Gasteiger charge is -2.38. The van der Waals surface area contributed by atoms with Crippen molar-refractivity contribution in [2.24, 2.45) is 7.05 Å². The maximum Gasteiger partial charge on any atom is 0.243 e.